The van der Waals surface area contributed by atoms with E-state index in [9.17, 15) is 4.79 Å². The first-order valence-corrected chi connectivity index (χ1v) is 5.06. The summed E-state index contributed by atoms with van der Waals surface area (Å²) in [6.45, 7) is 2.98. The van der Waals surface area contributed by atoms with Crippen molar-refractivity contribution in [1.29, 1.82) is 5.39 Å². The summed E-state index contributed by atoms with van der Waals surface area (Å²) >= 11 is 0. The van der Waals surface area contributed by atoms with Crippen LogP contribution in [0, 0.1) is 5.39 Å². The van der Waals surface area contributed by atoms with Gasteiger partial charge in [0.25, 0.3) is 5.39 Å². The minimum atomic E-state index is -0.189. The molecule has 0 unspecified atom stereocenters. The van der Waals surface area contributed by atoms with Crippen LogP contribution in [0.15, 0.2) is 17.1 Å². The van der Waals surface area contributed by atoms with E-state index in [4.69, 9.17) is 10.1 Å². The first-order chi connectivity index (χ1) is 7.71. The lowest BCUT2D eigenvalue weighted by molar-refractivity contribution is 0.349. The minimum Gasteiger partial charge on any atom is -0.491 e. The molecule has 86 valence electrons. The number of aromatic nitrogens is 1. The number of pyridine rings is 1. The average Bonchev–Trinajstić information content (AvgIpc) is 2.28. The maximum Gasteiger partial charge on any atom is 0.305 e. The van der Waals surface area contributed by atoms with Crippen LogP contribution in [-0.4, -0.2) is 23.6 Å². The van der Waals surface area contributed by atoms with Gasteiger partial charge in [-0.2, -0.15) is 0 Å². The Bertz CT molecular complexity index is 435. The van der Waals surface area contributed by atoms with Gasteiger partial charge in [0.05, 0.1) is 13.7 Å². The van der Waals surface area contributed by atoms with Crippen LogP contribution in [0.5, 0.6) is 5.75 Å². The Morgan fingerprint density at radius 2 is 2.38 bits per heavy atom. The third-order valence-electron chi connectivity index (χ3n) is 2.12. The molecule has 0 amide bonds. The van der Waals surface area contributed by atoms with Gasteiger partial charge in [-0.05, 0) is 11.4 Å². The molecule has 1 heterocycles. The first-order valence-electron chi connectivity index (χ1n) is 5.06. The van der Waals surface area contributed by atoms with Crippen LogP contribution in [0.4, 0.5) is 0 Å². The van der Waals surface area contributed by atoms with Gasteiger partial charge >= 0.3 is 5.08 Å². The van der Waals surface area contributed by atoms with Crippen LogP contribution in [0.25, 0.3) is 5.08 Å². The molecule has 0 fully saturated rings. The molecule has 16 heavy (non-hydrogen) atoms. The maximum absolute atomic E-state index is 11.4. The zero-order chi connectivity index (χ0) is 12.0. The Morgan fingerprint density at radius 1 is 1.62 bits per heavy atom. The van der Waals surface area contributed by atoms with Crippen LogP contribution < -0.4 is 10.2 Å². The standard InChI is InChI=1S/C10H14N4O2/c1-3-4-14(13-11)7-8-5-9(15)10(16-2)6-12-8/h5-6H,3-4,7H2,1-2H3/p+1. The molecule has 0 saturated heterocycles. The molecule has 1 aromatic heterocycles. The number of ether oxygens (including phenoxy) is 1. The lowest BCUT2D eigenvalue weighted by Crippen LogP contribution is -2.18. The molecule has 0 aromatic carbocycles. The number of hydrogen-bond acceptors (Lipinski definition) is 4. The van der Waals surface area contributed by atoms with Gasteiger partial charge in [0.2, 0.25) is 5.43 Å². The van der Waals surface area contributed by atoms with Crippen LogP contribution in [-0.2, 0) is 6.54 Å². The van der Waals surface area contributed by atoms with E-state index in [-0.39, 0.29) is 11.2 Å². The highest BCUT2D eigenvalue weighted by Crippen LogP contribution is 2.04. The summed E-state index contributed by atoms with van der Waals surface area (Å²) in [6.07, 6.45) is 2.36. The Hall–Kier alpha value is -2.03. The monoisotopic (exact) mass is 223 g/mol. The number of nitrogens with zero attached hydrogens (tertiary/aromatic N) is 3. The number of H-pyrrole nitrogens is 1. The molecule has 0 saturated carbocycles. The van der Waals surface area contributed by atoms with Crippen molar-refractivity contribution < 1.29 is 4.74 Å². The van der Waals surface area contributed by atoms with Gasteiger partial charge in [0.1, 0.15) is 6.54 Å². The van der Waals surface area contributed by atoms with Crippen molar-refractivity contribution in [3.63, 3.8) is 0 Å². The van der Waals surface area contributed by atoms with Crippen molar-refractivity contribution in [3.8, 4) is 5.75 Å². The molecule has 6 heteroatoms. The van der Waals surface area contributed by atoms with Gasteiger partial charge in [-0.25, -0.2) is 0 Å². The summed E-state index contributed by atoms with van der Waals surface area (Å²) in [7, 11) is 1.44. The Kier molecular flexibility index (Phi) is 4.33. The van der Waals surface area contributed by atoms with Crippen molar-refractivity contribution in [3.05, 3.63) is 33.3 Å². The zero-order valence-corrected chi connectivity index (χ0v) is 9.43. The van der Waals surface area contributed by atoms with E-state index in [2.05, 4.69) is 10.1 Å². The molecule has 0 bridgehead atoms. The van der Waals surface area contributed by atoms with E-state index >= 15 is 0 Å². The van der Waals surface area contributed by atoms with E-state index in [1.54, 1.807) is 0 Å². The fourth-order valence-corrected chi connectivity index (χ4v) is 1.36. The van der Waals surface area contributed by atoms with Gasteiger partial charge in [-0.1, -0.05) is 6.92 Å². The second-order valence-electron chi connectivity index (χ2n) is 3.37. The van der Waals surface area contributed by atoms with Crippen LogP contribution >= 0.6 is 0 Å². The second-order valence-corrected chi connectivity index (χ2v) is 3.37. The fraction of sp³-hybridized carbons (Fsp3) is 0.500. The smallest absolute Gasteiger partial charge is 0.305 e. The maximum atomic E-state index is 11.4. The van der Waals surface area contributed by atoms with Gasteiger partial charge in [-0.3, -0.25) is 4.79 Å². The highest BCUT2D eigenvalue weighted by atomic mass is 16.5. The molecule has 0 radical (unpaired) electrons. The van der Waals surface area contributed by atoms with E-state index in [0.29, 0.717) is 18.8 Å². The molecular weight excluding hydrogens is 208 g/mol. The summed E-state index contributed by atoms with van der Waals surface area (Å²) in [5, 5.41) is 13.3. The summed E-state index contributed by atoms with van der Waals surface area (Å²) in [5.74, 6) is 0.270. The number of diazo groups is 1. The van der Waals surface area contributed by atoms with E-state index < -0.39 is 0 Å². The number of aromatic amines is 1. The highest BCUT2D eigenvalue weighted by molar-refractivity contribution is 5.20. The van der Waals surface area contributed by atoms with Gasteiger partial charge in [-0.15, -0.1) is 0 Å². The topological polar surface area (TPSA) is 73.5 Å². The van der Waals surface area contributed by atoms with Crippen molar-refractivity contribution in [2.24, 2.45) is 0 Å². The van der Waals surface area contributed by atoms with Crippen molar-refractivity contribution in [2.75, 3.05) is 13.7 Å². The minimum absolute atomic E-state index is 0.189. The summed E-state index contributed by atoms with van der Waals surface area (Å²) < 4.78 is 4.85. The molecule has 0 aliphatic rings. The Labute approximate surface area is 93.4 Å². The van der Waals surface area contributed by atoms with Gasteiger partial charge in [0, 0.05) is 18.0 Å². The van der Waals surface area contributed by atoms with Crippen molar-refractivity contribution in [1.82, 2.24) is 9.99 Å². The third-order valence-corrected chi connectivity index (χ3v) is 2.12. The molecule has 1 rings (SSSR count). The Balaban J connectivity index is 2.79. The van der Waals surface area contributed by atoms with Crippen LogP contribution in [0.3, 0.4) is 0 Å². The predicted octanol–water partition coefficient (Wildman–Crippen LogP) is 1.36. The highest BCUT2D eigenvalue weighted by Gasteiger charge is 2.13. The van der Waals surface area contributed by atoms with Crippen LogP contribution in [0.2, 0.25) is 0 Å². The number of nitrogens with one attached hydrogen (secondary N) is 1. The molecule has 0 aliphatic heterocycles. The summed E-state index contributed by atoms with van der Waals surface area (Å²) in [5.41, 5.74) is 0.489. The molecular formula is C10H15N4O2+. The predicted molar refractivity (Wildman–Crippen MR) is 59.4 cm³/mol. The molecule has 1 N–H and O–H groups in total. The molecule has 0 spiro atoms. The largest absolute Gasteiger partial charge is 0.491 e. The normalized spacial score (nSPS) is 9.56. The van der Waals surface area contributed by atoms with Gasteiger partial charge < -0.3 is 9.72 Å². The molecule has 0 atom stereocenters. The average molecular weight is 223 g/mol. The number of rotatable bonds is 5. The van der Waals surface area contributed by atoms with E-state index in [0.717, 1.165) is 6.42 Å². The van der Waals surface area contributed by atoms with Crippen molar-refractivity contribution in [2.45, 2.75) is 19.9 Å². The number of hydrogen-bond donors (Lipinski definition) is 1. The molecule has 0 aliphatic carbocycles. The lowest BCUT2D eigenvalue weighted by atomic mass is 10.3. The lowest BCUT2D eigenvalue weighted by Gasteiger charge is -2.04. The third kappa shape index (κ3) is 2.98. The van der Waals surface area contributed by atoms with Crippen molar-refractivity contribution >= 4 is 0 Å². The quantitative estimate of drug-likeness (QED) is 0.604. The zero-order valence-electron chi connectivity index (χ0n) is 9.43. The van der Waals surface area contributed by atoms with E-state index in [1.807, 2.05) is 6.92 Å². The SMILES string of the molecule is CCCN(Cc1cc(=O)c(OC)c[nH]1)[N+]#N. The number of methoxy groups -OCH3 is 1. The fourth-order valence-electron chi connectivity index (χ4n) is 1.36. The van der Waals surface area contributed by atoms with E-state index in [1.165, 1.54) is 24.4 Å². The summed E-state index contributed by atoms with van der Waals surface area (Å²) in [6, 6.07) is 1.44. The second kappa shape index (κ2) is 5.75. The van der Waals surface area contributed by atoms with Crippen LogP contribution in [0.1, 0.15) is 19.0 Å². The molecule has 1 aromatic rings. The van der Waals surface area contributed by atoms with Gasteiger partial charge in [0.15, 0.2) is 5.75 Å². The Morgan fingerprint density at radius 3 is 2.88 bits per heavy atom. The molecule has 6 nitrogen and oxygen atoms in total. The summed E-state index contributed by atoms with van der Waals surface area (Å²) in [4.78, 5) is 14.4. The first kappa shape index (κ1) is 12.0.